The fourth-order valence-corrected chi connectivity index (χ4v) is 2.63. The summed E-state index contributed by atoms with van der Waals surface area (Å²) in [5, 5.41) is 3.27. The smallest absolute Gasteiger partial charge is 0.188 e. The summed E-state index contributed by atoms with van der Waals surface area (Å²) in [6, 6.07) is 1.50. The van der Waals surface area contributed by atoms with Gasteiger partial charge in [0.2, 0.25) is 0 Å². The molecule has 0 aromatic heterocycles. The highest BCUT2D eigenvalue weighted by Gasteiger charge is 2.34. The lowest BCUT2D eigenvalue weighted by molar-refractivity contribution is 0.140. The van der Waals surface area contributed by atoms with E-state index >= 15 is 0 Å². The number of hydrogen-bond donors (Lipinski definition) is 2. The summed E-state index contributed by atoms with van der Waals surface area (Å²) in [7, 11) is 0. The number of nitrogens with one attached hydrogen (secondary N) is 1. The van der Waals surface area contributed by atoms with Gasteiger partial charge in [0.25, 0.3) is 0 Å². The molecule has 3 N–H and O–H groups in total. The molecule has 0 aromatic rings. The second kappa shape index (κ2) is 8.09. The van der Waals surface area contributed by atoms with Crippen LogP contribution < -0.4 is 11.1 Å². The van der Waals surface area contributed by atoms with Crippen LogP contribution in [-0.2, 0) is 0 Å². The van der Waals surface area contributed by atoms with Gasteiger partial charge in [0.05, 0.1) is 6.54 Å². The lowest BCUT2D eigenvalue weighted by atomic mass is 10.0. The van der Waals surface area contributed by atoms with Crippen LogP contribution in [0.1, 0.15) is 39.0 Å². The predicted octanol–water partition coefficient (Wildman–Crippen LogP) is 2.10. The summed E-state index contributed by atoms with van der Waals surface area (Å²) in [4.78, 5) is 6.93. The first-order valence-corrected chi connectivity index (χ1v) is 7.10. The predicted molar refractivity (Wildman–Crippen MR) is 92.1 cm³/mol. The molecule has 1 saturated heterocycles. The first-order valence-electron chi connectivity index (χ1n) is 7.10. The number of guanidine groups is 1. The van der Waals surface area contributed by atoms with Crippen LogP contribution in [0.25, 0.3) is 0 Å². The summed E-state index contributed by atoms with van der Waals surface area (Å²) in [6.45, 7) is 8.60. The summed E-state index contributed by atoms with van der Waals surface area (Å²) < 4.78 is 0. The van der Waals surface area contributed by atoms with Gasteiger partial charge in [0.1, 0.15) is 0 Å². The highest BCUT2D eigenvalue weighted by atomic mass is 127. The van der Waals surface area contributed by atoms with Crippen LogP contribution in [0, 0.1) is 0 Å². The molecule has 0 spiro atoms. The van der Waals surface area contributed by atoms with Crippen molar-refractivity contribution in [1.29, 1.82) is 0 Å². The highest BCUT2D eigenvalue weighted by Crippen LogP contribution is 2.32. The van der Waals surface area contributed by atoms with Crippen molar-refractivity contribution in [2.45, 2.75) is 51.1 Å². The summed E-state index contributed by atoms with van der Waals surface area (Å²) in [6.07, 6.45) is 6.76. The van der Waals surface area contributed by atoms with Crippen molar-refractivity contribution in [1.82, 2.24) is 10.2 Å². The Morgan fingerprint density at radius 2 is 2.11 bits per heavy atom. The van der Waals surface area contributed by atoms with E-state index in [1.54, 1.807) is 0 Å². The molecule has 2 fully saturated rings. The Hall–Kier alpha value is -0.300. The zero-order valence-corrected chi connectivity index (χ0v) is 14.2. The van der Waals surface area contributed by atoms with E-state index < -0.39 is 0 Å². The number of nitrogens with two attached hydrogens (primary N) is 1. The third-order valence-electron chi connectivity index (χ3n) is 3.73. The van der Waals surface area contributed by atoms with E-state index in [-0.39, 0.29) is 24.0 Å². The normalized spacial score (nSPS) is 24.7. The Labute approximate surface area is 133 Å². The van der Waals surface area contributed by atoms with Gasteiger partial charge in [-0.3, -0.25) is 4.90 Å². The summed E-state index contributed by atoms with van der Waals surface area (Å²) in [5.74, 6) is 0.555. The molecule has 110 valence electrons. The first kappa shape index (κ1) is 16.8. The van der Waals surface area contributed by atoms with Crippen LogP contribution in [0.15, 0.2) is 17.1 Å². The minimum atomic E-state index is 0. The molecule has 0 aromatic carbocycles. The number of nitrogens with zero attached hydrogens (tertiary/aromatic N) is 2. The zero-order valence-electron chi connectivity index (χ0n) is 11.9. The number of rotatable bonds is 5. The van der Waals surface area contributed by atoms with Crippen LogP contribution in [0.2, 0.25) is 0 Å². The van der Waals surface area contributed by atoms with Crippen molar-refractivity contribution < 1.29 is 0 Å². The Bertz CT molecular complexity index is 325. The van der Waals surface area contributed by atoms with E-state index in [0.29, 0.717) is 18.5 Å². The lowest BCUT2D eigenvalue weighted by Gasteiger charge is -2.36. The summed E-state index contributed by atoms with van der Waals surface area (Å²) in [5.41, 5.74) is 6.89. The van der Waals surface area contributed by atoms with E-state index in [1.807, 2.05) is 6.92 Å². The molecule has 1 atom stereocenters. The minimum absolute atomic E-state index is 0. The highest BCUT2D eigenvalue weighted by molar-refractivity contribution is 14.0. The number of hydrogen-bond acceptors (Lipinski definition) is 2. The van der Waals surface area contributed by atoms with Crippen molar-refractivity contribution in [2.75, 3.05) is 19.6 Å². The molecule has 1 saturated carbocycles. The van der Waals surface area contributed by atoms with Gasteiger partial charge >= 0.3 is 0 Å². The molecule has 2 rings (SSSR count). The van der Waals surface area contributed by atoms with Gasteiger partial charge in [0.15, 0.2) is 5.96 Å². The quantitative estimate of drug-likeness (QED) is 0.334. The monoisotopic (exact) mass is 378 g/mol. The molecule has 0 amide bonds. The fraction of sp³-hybridized carbons (Fsp3) is 0.786. The maximum atomic E-state index is 5.86. The second-order valence-electron chi connectivity index (χ2n) is 5.66. The molecule has 1 unspecified atom stereocenters. The third kappa shape index (κ3) is 5.69. The van der Waals surface area contributed by atoms with Crippen LogP contribution in [0.5, 0.6) is 0 Å². The van der Waals surface area contributed by atoms with Crippen LogP contribution in [0.4, 0.5) is 0 Å². The third-order valence-corrected chi connectivity index (χ3v) is 3.73. The molecule has 1 heterocycles. The molecule has 2 aliphatic rings. The topological polar surface area (TPSA) is 53.6 Å². The Kier molecular flexibility index (Phi) is 7.13. The number of halogens is 1. The molecule has 5 heteroatoms. The average Bonchev–Trinajstić information content (AvgIpc) is 3.18. The van der Waals surface area contributed by atoms with Crippen molar-refractivity contribution in [3.63, 3.8) is 0 Å². The molecular weight excluding hydrogens is 351 g/mol. The minimum Gasteiger partial charge on any atom is -0.370 e. The van der Waals surface area contributed by atoms with Gasteiger partial charge in [-0.25, -0.2) is 4.99 Å². The first-order chi connectivity index (χ1) is 8.66. The molecule has 1 aliphatic carbocycles. The van der Waals surface area contributed by atoms with Gasteiger partial charge in [-0.2, -0.15) is 0 Å². The Balaban J connectivity index is 0.00000180. The van der Waals surface area contributed by atoms with Crippen molar-refractivity contribution in [3.05, 3.63) is 12.2 Å². The fourth-order valence-electron chi connectivity index (χ4n) is 2.63. The van der Waals surface area contributed by atoms with Crippen molar-refractivity contribution in [3.8, 4) is 0 Å². The summed E-state index contributed by atoms with van der Waals surface area (Å²) >= 11 is 0. The molecular formula is C14H27IN4. The standard InChI is InChI=1S/C14H26N4.HI/c1-11(2)9-16-14(15)17-10-13-5-3-4-8-18(13)12-6-7-12;/h12-13H,1,3-10H2,2H3,(H3,15,16,17);1H. The van der Waals surface area contributed by atoms with Gasteiger partial charge < -0.3 is 11.1 Å². The lowest BCUT2D eigenvalue weighted by Crippen LogP contribution is -2.49. The van der Waals surface area contributed by atoms with Crippen LogP contribution in [-0.4, -0.2) is 42.6 Å². The molecule has 0 bridgehead atoms. The largest absolute Gasteiger partial charge is 0.370 e. The van der Waals surface area contributed by atoms with Gasteiger partial charge in [-0.05, 0) is 39.2 Å². The number of likely N-dealkylation sites (tertiary alicyclic amines) is 1. The van der Waals surface area contributed by atoms with E-state index in [9.17, 15) is 0 Å². The molecule has 1 aliphatic heterocycles. The van der Waals surface area contributed by atoms with Crippen LogP contribution in [0.3, 0.4) is 0 Å². The SMILES string of the molecule is C=C(C)CN=C(N)NCC1CCCCN1C1CC1.I. The number of piperidine rings is 1. The van der Waals surface area contributed by atoms with Gasteiger partial charge in [-0.1, -0.05) is 18.6 Å². The maximum Gasteiger partial charge on any atom is 0.188 e. The van der Waals surface area contributed by atoms with Crippen molar-refractivity contribution in [2.24, 2.45) is 10.7 Å². The zero-order chi connectivity index (χ0) is 13.0. The maximum absolute atomic E-state index is 5.86. The Morgan fingerprint density at radius 3 is 2.74 bits per heavy atom. The van der Waals surface area contributed by atoms with Gasteiger partial charge in [-0.15, -0.1) is 24.0 Å². The Morgan fingerprint density at radius 1 is 1.37 bits per heavy atom. The van der Waals surface area contributed by atoms with E-state index in [1.165, 1.54) is 38.6 Å². The molecule has 19 heavy (non-hydrogen) atoms. The van der Waals surface area contributed by atoms with Gasteiger partial charge in [0, 0.05) is 18.6 Å². The van der Waals surface area contributed by atoms with Crippen LogP contribution >= 0.6 is 24.0 Å². The second-order valence-corrected chi connectivity index (χ2v) is 5.66. The van der Waals surface area contributed by atoms with E-state index in [2.05, 4.69) is 21.8 Å². The number of aliphatic imine (C=N–C) groups is 1. The van der Waals surface area contributed by atoms with E-state index in [0.717, 1.165) is 18.2 Å². The molecule has 4 nitrogen and oxygen atoms in total. The van der Waals surface area contributed by atoms with E-state index in [4.69, 9.17) is 5.73 Å². The van der Waals surface area contributed by atoms with Crippen molar-refractivity contribution >= 4 is 29.9 Å². The average molecular weight is 378 g/mol. The molecule has 0 radical (unpaired) electrons.